The number of esters is 1. The minimum absolute atomic E-state index is 0.0942. The first-order chi connectivity index (χ1) is 13.4. The summed E-state index contributed by atoms with van der Waals surface area (Å²) >= 11 is 0. The molecule has 0 unspecified atom stereocenters. The fourth-order valence-electron chi connectivity index (χ4n) is 3.32. The average molecular weight is 406 g/mol. The van der Waals surface area contributed by atoms with Gasteiger partial charge in [-0.2, -0.15) is 0 Å². The summed E-state index contributed by atoms with van der Waals surface area (Å²) in [6, 6.07) is 6.53. The number of amides is 2. The summed E-state index contributed by atoms with van der Waals surface area (Å²) in [5.74, 6) is -0.531. The third-order valence-corrected chi connectivity index (χ3v) is 4.52. The molecule has 0 radical (unpaired) electrons. The molecule has 1 fully saturated rings. The van der Waals surface area contributed by atoms with E-state index in [4.69, 9.17) is 9.47 Å². The van der Waals surface area contributed by atoms with Crippen LogP contribution in [-0.2, 0) is 14.3 Å². The van der Waals surface area contributed by atoms with Gasteiger partial charge in [0.1, 0.15) is 11.6 Å². The summed E-state index contributed by atoms with van der Waals surface area (Å²) in [6.07, 6.45) is 0.367. The maximum Gasteiger partial charge on any atom is 0.329 e. The van der Waals surface area contributed by atoms with Crippen molar-refractivity contribution in [1.82, 2.24) is 5.32 Å². The predicted octanol–water partition coefficient (Wildman–Crippen LogP) is 3.79. The highest BCUT2D eigenvalue weighted by Gasteiger charge is 2.29. The quantitative estimate of drug-likeness (QED) is 0.729. The molecule has 2 N–H and O–H groups in total. The van der Waals surface area contributed by atoms with Crippen molar-refractivity contribution in [3.63, 3.8) is 0 Å². The van der Waals surface area contributed by atoms with E-state index in [2.05, 4.69) is 29.4 Å². The molecule has 0 saturated carbocycles. The monoisotopic (exact) mass is 405 g/mol. The normalized spacial score (nSPS) is 20.9. The molecule has 7 heteroatoms. The Balaban J connectivity index is 1.96. The van der Waals surface area contributed by atoms with Crippen molar-refractivity contribution < 1.29 is 19.1 Å². The molecule has 0 aromatic heterocycles. The number of urea groups is 1. The Morgan fingerprint density at radius 2 is 1.66 bits per heavy atom. The first kappa shape index (κ1) is 23.0. The van der Waals surface area contributed by atoms with Gasteiger partial charge in [-0.25, -0.2) is 9.59 Å². The Hall–Kier alpha value is -2.28. The van der Waals surface area contributed by atoms with Gasteiger partial charge in [-0.3, -0.25) is 0 Å². The van der Waals surface area contributed by atoms with E-state index in [1.807, 2.05) is 38.1 Å². The largest absolute Gasteiger partial charge is 0.458 e. The molecule has 1 aromatic rings. The van der Waals surface area contributed by atoms with E-state index < -0.39 is 23.6 Å². The lowest BCUT2D eigenvalue weighted by Crippen LogP contribution is -2.48. The number of nitrogens with one attached hydrogen (secondary N) is 2. The Bertz CT molecular complexity index is 687. The van der Waals surface area contributed by atoms with Crippen LogP contribution in [0.4, 0.5) is 16.2 Å². The van der Waals surface area contributed by atoms with E-state index >= 15 is 0 Å². The van der Waals surface area contributed by atoms with Crippen molar-refractivity contribution in [2.75, 3.05) is 23.3 Å². The minimum Gasteiger partial charge on any atom is -0.458 e. The smallest absolute Gasteiger partial charge is 0.329 e. The molecular formula is C22H35N3O4. The van der Waals surface area contributed by atoms with Crippen LogP contribution in [0.3, 0.4) is 0 Å². The van der Waals surface area contributed by atoms with E-state index in [1.54, 1.807) is 20.8 Å². The van der Waals surface area contributed by atoms with E-state index in [0.29, 0.717) is 5.69 Å². The maximum absolute atomic E-state index is 12.4. The van der Waals surface area contributed by atoms with E-state index in [1.165, 1.54) is 0 Å². The van der Waals surface area contributed by atoms with Crippen LogP contribution in [0, 0.1) is 5.92 Å². The van der Waals surface area contributed by atoms with Gasteiger partial charge < -0.3 is 25.0 Å². The van der Waals surface area contributed by atoms with Crippen LogP contribution in [0.1, 0.15) is 48.5 Å². The molecule has 29 heavy (non-hydrogen) atoms. The summed E-state index contributed by atoms with van der Waals surface area (Å²) in [5, 5.41) is 5.52. The summed E-state index contributed by atoms with van der Waals surface area (Å²) in [5.41, 5.74) is 1.14. The molecule has 3 atom stereocenters. The number of ether oxygens (including phenoxy) is 2. The first-order valence-corrected chi connectivity index (χ1v) is 10.3. The Kier molecular flexibility index (Phi) is 7.52. The molecule has 0 bridgehead atoms. The molecule has 1 aliphatic heterocycles. The third kappa shape index (κ3) is 7.24. The summed E-state index contributed by atoms with van der Waals surface area (Å²) in [4.78, 5) is 27.1. The Morgan fingerprint density at radius 1 is 1.10 bits per heavy atom. The second-order valence-electron chi connectivity index (χ2n) is 9.06. The van der Waals surface area contributed by atoms with Crippen molar-refractivity contribution in [3.8, 4) is 0 Å². The molecule has 1 aromatic carbocycles. The summed E-state index contributed by atoms with van der Waals surface area (Å²) < 4.78 is 11.2. The Morgan fingerprint density at radius 3 is 2.14 bits per heavy atom. The molecule has 1 heterocycles. The molecule has 2 rings (SSSR count). The fraction of sp³-hybridized carbons (Fsp3) is 0.636. The van der Waals surface area contributed by atoms with Crippen molar-refractivity contribution in [1.29, 1.82) is 0 Å². The van der Waals surface area contributed by atoms with Crippen molar-refractivity contribution in [3.05, 3.63) is 24.3 Å². The number of nitrogens with zero attached hydrogens (tertiary/aromatic N) is 1. The van der Waals surface area contributed by atoms with Gasteiger partial charge in [0.15, 0.2) is 0 Å². The SMILES string of the molecule is CC(C)[C@H](NC(=O)Nc1ccc(N2C[C@@H](C)O[C@@H](C)C2)cc1)C(=O)OC(C)(C)C. The highest BCUT2D eigenvalue weighted by molar-refractivity contribution is 5.92. The van der Waals surface area contributed by atoms with Crippen LogP contribution in [0.15, 0.2) is 24.3 Å². The predicted molar refractivity (Wildman–Crippen MR) is 115 cm³/mol. The number of hydrogen-bond acceptors (Lipinski definition) is 5. The van der Waals surface area contributed by atoms with Crippen LogP contribution in [0.2, 0.25) is 0 Å². The van der Waals surface area contributed by atoms with Crippen molar-refractivity contribution >= 4 is 23.4 Å². The lowest BCUT2D eigenvalue weighted by atomic mass is 10.0. The number of hydrogen-bond donors (Lipinski definition) is 2. The zero-order valence-corrected chi connectivity index (χ0v) is 18.6. The molecule has 1 aliphatic rings. The lowest BCUT2D eigenvalue weighted by Gasteiger charge is -2.36. The van der Waals surface area contributed by atoms with Gasteiger partial charge in [-0.15, -0.1) is 0 Å². The van der Waals surface area contributed by atoms with Gasteiger partial charge in [0.2, 0.25) is 0 Å². The van der Waals surface area contributed by atoms with Crippen LogP contribution >= 0.6 is 0 Å². The second-order valence-corrected chi connectivity index (χ2v) is 9.06. The van der Waals surface area contributed by atoms with E-state index in [-0.39, 0.29) is 18.1 Å². The fourth-order valence-corrected chi connectivity index (χ4v) is 3.32. The minimum atomic E-state index is -0.718. The van der Waals surface area contributed by atoms with Crippen LogP contribution in [-0.4, -0.2) is 48.9 Å². The molecule has 162 valence electrons. The zero-order valence-electron chi connectivity index (χ0n) is 18.6. The highest BCUT2D eigenvalue weighted by Crippen LogP contribution is 2.22. The summed E-state index contributed by atoms with van der Waals surface area (Å²) in [6.45, 7) is 15.0. The lowest BCUT2D eigenvalue weighted by molar-refractivity contribution is -0.158. The number of carbonyl (C=O) groups excluding carboxylic acids is 2. The van der Waals surface area contributed by atoms with Crippen LogP contribution < -0.4 is 15.5 Å². The average Bonchev–Trinajstić information content (AvgIpc) is 2.57. The number of carbonyl (C=O) groups is 2. The first-order valence-electron chi connectivity index (χ1n) is 10.3. The van der Waals surface area contributed by atoms with Gasteiger partial charge in [0.05, 0.1) is 12.2 Å². The van der Waals surface area contributed by atoms with Gasteiger partial charge in [-0.05, 0) is 64.8 Å². The van der Waals surface area contributed by atoms with Gasteiger partial charge in [0, 0.05) is 24.5 Å². The summed E-state index contributed by atoms with van der Waals surface area (Å²) in [7, 11) is 0. The Labute approximate surface area is 174 Å². The molecule has 2 amide bonds. The number of morpholine rings is 1. The van der Waals surface area contributed by atoms with Crippen molar-refractivity contribution in [2.45, 2.75) is 72.3 Å². The second kappa shape index (κ2) is 9.48. The molecular weight excluding hydrogens is 370 g/mol. The van der Waals surface area contributed by atoms with Crippen LogP contribution in [0.5, 0.6) is 0 Å². The maximum atomic E-state index is 12.4. The molecule has 0 aliphatic carbocycles. The van der Waals surface area contributed by atoms with Crippen LogP contribution in [0.25, 0.3) is 0 Å². The third-order valence-electron chi connectivity index (χ3n) is 4.52. The van der Waals surface area contributed by atoms with Crippen molar-refractivity contribution in [2.24, 2.45) is 5.92 Å². The zero-order chi connectivity index (χ0) is 21.8. The molecule has 7 nitrogen and oxygen atoms in total. The highest BCUT2D eigenvalue weighted by atomic mass is 16.6. The molecule has 0 spiro atoms. The van der Waals surface area contributed by atoms with Gasteiger partial charge in [0.25, 0.3) is 0 Å². The van der Waals surface area contributed by atoms with E-state index in [0.717, 1.165) is 18.8 Å². The molecule has 1 saturated heterocycles. The number of anilines is 2. The number of benzene rings is 1. The number of rotatable bonds is 5. The standard InChI is InChI=1S/C22H35N3O4/c1-14(2)19(20(26)29-22(5,6)7)24-21(27)23-17-8-10-18(11-9-17)25-12-15(3)28-16(4)13-25/h8-11,14-16,19H,12-13H2,1-7H3,(H2,23,24,27)/t15-,16+,19-/m0/s1. The van der Waals surface area contributed by atoms with Gasteiger partial charge >= 0.3 is 12.0 Å². The van der Waals surface area contributed by atoms with E-state index in [9.17, 15) is 9.59 Å². The van der Waals surface area contributed by atoms with Gasteiger partial charge in [-0.1, -0.05) is 13.8 Å². The topological polar surface area (TPSA) is 79.9 Å².